The smallest absolute Gasteiger partial charge is 0.165 e. The van der Waals surface area contributed by atoms with Crippen molar-refractivity contribution in [3.63, 3.8) is 0 Å². The van der Waals surface area contributed by atoms with Crippen LogP contribution in [0.3, 0.4) is 0 Å². The zero-order valence-corrected chi connectivity index (χ0v) is 11.9. The minimum absolute atomic E-state index is 0.110. The molecule has 2 rings (SSSR count). The molecule has 1 aliphatic rings. The Hall–Kier alpha value is -1.13. The summed E-state index contributed by atoms with van der Waals surface area (Å²) in [6.07, 6.45) is 5.97. The summed E-state index contributed by atoms with van der Waals surface area (Å²) in [5, 5.41) is 13.1. The maximum atomic E-state index is 13.3. The number of halogens is 1. The van der Waals surface area contributed by atoms with Crippen LogP contribution in [0.4, 0.5) is 4.39 Å². The number of para-hydroxylation sites is 1. The van der Waals surface area contributed by atoms with Crippen molar-refractivity contribution in [2.45, 2.75) is 38.2 Å². The quantitative estimate of drug-likeness (QED) is 0.807. The van der Waals surface area contributed by atoms with E-state index in [2.05, 4.69) is 5.32 Å². The van der Waals surface area contributed by atoms with Crippen LogP contribution in [0.5, 0.6) is 5.75 Å². The number of aliphatic hydroxyl groups is 1. The van der Waals surface area contributed by atoms with Crippen molar-refractivity contribution in [2.24, 2.45) is 5.92 Å². The SMILES string of the molecule is OC(CNCC1CCCCC1)COc1ccccc1F. The first-order valence-electron chi connectivity index (χ1n) is 7.52. The minimum atomic E-state index is -0.613. The van der Waals surface area contributed by atoms with Gasteiger partial charge in [0, 0.05) is 6.54 Å². The average molecular weight is 281 g/mol. The summed E-state index contributed by atoms with van der Waals surface area (Å²) < 4.78 is 18.6. The average Bonchev–Trinajstić information content (AvgIpc) is 2.47. The van der Waals surface area contributed by atoms with E-state index in [9.17, 15) is 9.50 Å². The lowest BCUT2D eigenvalue weighted by Crippen LogP contribution is -2.34. The zero-order chi connectivity index (χ0) is 14.2. The fourth-order valence-electron chi connectivity index (χ4n) is 2.65. The largest absolute Gasteiger partial charge is 0.488 e. The van der Waals surface area contributed by atoms with Crippen LogP contribution in [0.1, 0.15) is 32.1 Å². The molecule has 0 spiro atoms. The van der Waals surface area contributed by atoms with E-state index < -0.39 is 11.9 Å². The van der Waals surface area contributed by atoms with Gasteiger partial charge in [-0.25, -0.2) is 4.39 Å². The van der Waals surface area contributed by atoms with E-state index in [0.29, 0.717) is 6.54 Å². The van der Waals surface area contributed by atoms with Crippen LogP contribution < -0.4 is 10.1 Å². The molecule has 2 N–H and O–H groups in total. The molecular formula is C16H24FNO2. The van der Waals surface area contributed by atoms with Crippen LogP contribution in [-0.4, -0.2) is 30.9 Å². The Labute approximate surface area is 120 Å². The predicted octanol–water partition coefficient (Wildman–Crippen LogP) is 2.74. The van der Waals surface area contributed by atoms with E-state index in [0.717, 1.165) is 12.5 Å². The van der Waals surface area contributed by atoms with Crippen molar-refractivity contribution in [3.05, 3.63) is 30.1 Å². The molecule has 1 atom stereocenters. The van der Waals surface area contributed by atoms with Gasteiger partial charge in [0.15, 0.2) is 11.6 Å². The highest BCUT2D eigenvalue weighted by molar-refractivity contribution is 5.23. The number of ether oxygens (including phenoxy) is 1. The summed E-state index contributed by atoms with van der Waals surface area (Å²) in [5.41, 5.74) is 0. The first-order valence-corrected chi connectivity index (χ1v) is 7.52. The van der Waals surface area contributed by atoms with Gasteiger partial charge in [0.2, 0.25) is 0 Å². The minimum Gasteiger partial charge on any atom is -0.488 e. The molecule has 20 heavy (non-hydrogen) atoms. The highest BCUT2D eigenvalue weighted by Gasteiger charge is 2.14. The Kier molecular flexibility index (Phi) is 6.27. The summed E-state index contributed by atoms with van der Waals surface area (Å²) in [7, 11) is 0. The molecule has 0 amide bonds. The topological polar surface area (TPSA) is 41.5 Å². The highest BCUT2D eigenvalue weighted by atomic mass is 19.1. The Balaban J connectivity index is 1.60. The molecule has 1 saturated carbocycles. The number of rotatable bonds is 7. The Bertz CT molecular complexity index is 394. The van der Waals surface area contributed by atoms with Crippen LogP contribution in [0.25, 0.3) is 0 Å². The third-order valence-corrected chi connectivity index (χ3v) is 3.81. The third kappa shape index (κ3) is 5.10. The molecular weight excluding hydrogens is 257 g/mol. The first-order chi connectivity index (χ1) is 9.75. The Morgan fingerprint density at radius 3 is 2.75 bits per heavy atom. The zero-order valence-electron chi connectivity index (χ0n) is 11.9. The molecule has 0 aliphatic heterocycles. The lowest BCUT2D eigenvalue weighted by atomic mass is 9.89. The van der Waals surface area contributed by atoms with Crippen molar-refractivity contribution >= 4 is 0 Å². The molecule has 0 bridgehead atoms. The molecule has 0 saturated heterocycles. The first kappa shape index (κ1) is 15.3. The molecule has 3 nitrogen and oxygen atoms in total. The maximum absolute atomic E-state index is 13.3. The lowest BCUT2D eigenvalue weighted by molar-refractivity contribution is 0.102. The molecule has 1 aromatic carbocycles. The summed E-state index contributed by atoms with van der Waals surface area (Å²) in [4.78, 5) is 0. The maximum Gasteiger partial charge on any atom is 0.165 e. The number of hydrogen-bond donors (Lipinski definition) is 2. The van der Waals surface area contributed by atoms with Crippen molar-refractivity contribution < 1.29 is 14.2 Å². The fourth-order valence-corrected chi connectivity index (χ4v) is 2.65. The highest BCUT2D eigenvalue weighted by Crippen LogP contribution is 2.22. The Morgan fingerprint density at radius 1 is 1.25 bits per heavy atom. The van der Waals surface area contributed by atoms with Gasteiger partial charge in [-0.1, -0.05) is 31.4 Å². The number of aliphatic hydroxyl groups excluding tert-OH is 1. The van der Waals surface area contributed by atoms with Crippen LogP contribution in [0.15, 0.2) is 24.3 Å². The number of benzene rings is 1. The summed E-state index contributed by atoms with van der Waals surface area (Å²) in [6, 6.07) is 6.25. The van der Waals surface area contributed by atoms with Gasteiger partial charge in [-0.15, -0.1) is 0 Å². The normalized spacial score (nSPS) is 17.9. The third-order valence-electron chi connectivity index (χ3n) is 3.81. The predicted molar refractivity (Wildman–Crippen MR) is 77.3 cm³/mol. The van der Waals surface area contributed by atoms with Gasteiger partial charge in [0.25, 0.3) is 0 Å². The number of hydrogen-bond acceptors (Lipinski definition) is 3. The van der Waals surface area contributed by atoms with E-state index in [1.54, 1.807) is 18.2 Å². The fraction of sp³-hybridized carbons (Fsp3) is 0.625. The van der Waals surface area contributed by atoms with E-state index in [-0.39, 0.29) is 12.4 Å². The molecule has 4 heteroatoms. The summed E-state index contributed by atoms with van der Waals surface area (Å²) >= 11 is 0. The van der Waals surface area contributed by atoms with Gasteiger partial charge in [0.05, 0.1) is 0 Å². The standard InChI is InChI=1S/C16H24FNO2/c17-15-8-4-5-9-16(15)20-12-14(19)11-18-10-13-6-2-1-3-7-13/h4-5,8-9,13-14,18-19H,1-3,6-7,10-12H2. The molecule has 0 radical (unpaired) electrons. The van der Waals surface area contributed by atoms with Crippen LogP contribution in [-0.2, 0) is 0 Å². The van der Waals surface area contributed by atoms with Gasteiger partial charge in [-0.3, -0.25) is 0 Å². The molecule has 1 unspecified atom stereocenters. The molecule has 0 heterocycles. The van der Waals surface area contributed by atoms with Gasteiger partial charge in [-0.2, -0.15) is 0 Å². The van der Waals surface area contributed by atoms with E-state index in [1.807, 2.05) is 0 Å². The van der Waals surface area contributed by atoms with Crippen molar-refractivity contribution in [1.29, 1.82) is 0 Å². The summed E-state index contributed by atoms with van der Waals surface area (Å²) in [6.45, 7) is 1.56. The second-order valence-corrected chi connectivity index (χ2v) is 5.56. The van der Waals surface area contributed by atoms with Gasteiger partial charge < -0.3 is 15.2 Å². The van der Waals surface area contributed by atoms with Gasteiger partial charge in [0.1, 0.15) is 12.7 Å². The van der Waals surface area contributed by atoms with Crippen LogP contribution in [0, 0.1) is 11.7 Å². The van der Waals surface area contributed by atoms with Crippen LogP contribution >= 0.6 is 0 Å². The lowest BCUT2D eigenvalue weighted by Gasteiger charge is -2.22. The summed E-state index contributed by atoms with van der Waals surface area (Å²) in [5.74, 6) is 0.539. The van der Waals surface area contributed by atoms with Crippen molar-refractivity contribution in [3.8, 4) is 5.75 Å². The van der Waals surface area contributed by atoms with Crippen molar-refractivity contribution in [2.75, 3.05) is 19.7 Å². The molecule has 1 aliphatic carbocycles. The Morgan fingerprint density at radius 2 is 2.00 bits per heavy atom. The monoisotopic (exact) mass is 281 g/mol. The van der Waals surface area contributed by atoms with Crippen LogP contribution in [0.2, 0.25) is 0 Å². The van der Waals surface area contributed by atoms with Gasteiger partial charge in [-0.05, 0) is 37.4 Å². The van der Waals surface area contributed by atoms with E-state index in [1.165, 1.54) is 38.2 Å². The molecule has 1 fully saturated rings. The number of nitrogens with one attached hydrogen (secondary N) is 1. The molecule has 1 aromatic rings. The second-order valence-electron chi connectivity index (χ2n) is 5.56. The van der Waals surface area contributed by atoms with E-state index >= 15 is 0 Å². The second kappa shape index (κ2) is 8.22. The van der Waals surface area contributed by atoms with Crippen molar-refractivity contribution in [1.82, 2.24) is 5.32 Å². The van der Waals surface area contributed by atoms with E-state index in [4.69, 9.17) is 4.74 Å². The molecule has 0 aromatic heterocycles. The van der Waals surface area contributed by atoms with Gasteiger partial charge >= 0.3 is 0 Å². The molecule has 112 valence electrons.